The first kappa shape index (κ1) is 16.3. The number of carbonyl (C=O) groups is 2. The molecule has 2 aromatic carbocycles. The number of ether oxygens (including phenoxy) is 2. The summed E-state index contributed by atoms with van der Waals surface area (Å²) < 4.78 is 11.6. The van der Waals surface area contributed by atoms with Crippen molar-refractivity contribution >= 4 is 11.8 Å². The van der Waals surface area contributed by atoms with Gasteiger partial charge in [0.25, 0.3) is 0 Å². The molecule has 0 radical (unpaired) electrons. The van der Waals surface area contributed by atoms with Crippen LogP contribution < -0.4 is 4.74 Å². The standard InChI is InChI=1S/C17H14N4O4/c1-24-15-7-3-4-12(9-15)16(22)10-25-17(23)13-5-2-6-14(8-13)21-11-18-19-20-21/h2-9,11H,10H2,1H3. The van der Waals surface area contributed by atoms with Crippen LogP contribution in [0.4, 0.5) is 0 Å². The van der Waals surface area contributed by atoms with Crippen molar-refractivity contribution in [2.45, 2.75) is 0 Å². The van der Waals surface area contributed by atoms with Gasteiger partial charge in [0, 0.05) is 5.56 Å². The van der Waals surface area contributed by atoms with Gasteiger partial charge in [-0.25, -0.2) is 9.48 Å². The van der Waals surface area contributed by atoms with Gasteiger partial charge in [0.2, 0.25) is 0 Å². The molecular formula is C17H14N4O4. The molecule has 1 aromatic heterocycles. The van der Waals surface area contributed by atoms with E-state index in [1.807, 2.05) is 0 Å². The molecule has 0 saturated heterocycles. The van der Waals surface area contributed by atoms with E-state index >= 15 is 0 Å². The zero-order valence-corrected chi connectivity index (χ0v) is 13.3. The number of benzene rings is 2. The van der Waals surface area contributed by atoms with E-state index in [2.05, 4.69) is 15.5 Å². The Morgan fingerprint density at radius 2 is 1.88 bits per heavy atom. The van der Waals surface area contributed by atoms with Crippen molar-refractivity contribution in [1.82, 2.24) is 20.2 Å². The van der Waals surface area contributed by atoms with Crippen LogP contribution in [0, 0.1) is 0 Å². The molecule has 0 aliphatic heterocycles. The van der Waals surface area contributed by atoms with Crippen molar-refractivity contribution in [1.29, 1.82) is 0 Å². The van der Waals surface area contributed by atoms with Crippen molar-refractivity contribution in [2.75, 3.05) is 13.7 Å². The summed E-state index contributed by atoms with van der Waals surface area (Å²) in [6.45, 7) is -0.360. The first-order valence-corrected chi connectivity index (χ1v) is 7.35. The Kier molecular flexibility index (Phi) is 4.79. The average Bonchev–Trinajstić information content (AvgIpc) is 3.21. The highest BCUT2D eigenvalue weighted by Crippen LogP contribution is 2.14. The topological polar surface area (TPSA) is 96.2 Å². The van der Waals surface area contributed by atoms with Crippen LogP contribution in [-0.2, 0) is 4.74 Å². The lowest BCUT2D eigenvalue weighted by Crippen LogP contribution is -2.14. The molecule has 0 spiro atoms. The van der Waals surface area contributed by atoms with Gasteiger partial charge in [-0.3, -0.25) is 4.79 Å². The predicted molar refractivity (Wildman–Crippen MR) is 86.8 cm³/mol. The molecule has 0 unspecified atom stereocenters. The third-order valence-electron chi connectivity index (χ3n) is 3.42. The van der Waals surface area contributed by atoms with E-state index in [1.54, 1.807) is 48.5 Å². The van der Waals surface area contributed by atoms with Gasteiger partial charge >= 0.3 is 5.97 Å². The van der Waals surface area contributed by atoms with Gasteiger partial charge in [0.1, 0.15) is 12.1 Å². The molecule has 0 bridgehead atoms. The highest BCUT2D eigenvalue weighted by Gasteiger charge is 2.13. The summed E-state index contributed by atoms with van der Waals surface area (Å²) in [5.74, 6) is -0.360. The Hall–Kier alpha value is -3.55. The summed E-state index contributed by atoms with van der Waals surface area (Å²) >= 11 is 0. The fraction of sp³-hybridized carbons (Fsp3) is 0.118. The number of rotatable bonds is 6. The maximum atomic E-state index is 12.2. The first-order valence-electron chi connectivity index (χ1n) is 7.35. The van der Waals surface area contributed by atoms with Crippen LogP contribution in [0.1, 0.15) is 20.7 Å². The molecule has 0 amide bonds. The largest absolute Gasteiger partial charge is 0.497 e. The minimum absolute atomic E-state index is 0.298. The van der Waals surface area contributed by atoms with Crippen LogP contribution >= 0.6 is 0 Å². The molecule has 0 saturated carbocycles. The second-order valence-electron chi connectivity index (χ2n) is 5.04. The number of tetrazole rings is 1. The van der Waals surface area contributed by atoms with Crippen molar-refractivity contribution in [3.8, 4) is 11.4 Å². The van der Waals surface area contributed by atoms with Gasteiger partial charge < -0.3 is 9.47 Å². The normalized spacial score (nSPS) is 10.3. The Bertz CT molecular complexity index is 893. The molecule has 0 fully saturated rings. The monoisotopic (exact) mass is 338 g/mol. The third-order valence-corrected chi connectivity index (χ3v) is 3.42. The lowest BCUT2D eigenvalue weighted by Gasteiger charge is -2.07. The second kappa shape index (κ2) is 7.35. The summed E-state index contributed by atoms with van der Waals surface area (Å²) in [7, 11) is 1.52. The van der Waals surface area contributed by atoms with Crippen molar-refractivity contribution in [3.63, 3.8) is 0 Å². The van der Waals surface area contributed by atoms with Crippen LogP contribution in [0.25, 0.3) is 5.69 Å². The third kappa shape index (κ3) is 3.86. The zero-order chi connectivity index (χ0) is 17.6. The fourth-order valence-electron chi connectivity index (χ4n) is 2.15. The molecule has 0 atom stereocenters. The van der Waals surface area contributed by atoms with E-state index in [9.17, 15) is 9.59 Å². The number of aromatic nitrogens is 4. The molecule has 3 rings (SSSR count). The van der Waals surface area contributed by atoms with E-state index in [4.69, 9.17) is 9.47 Å². The molecule has 1 heterocycles. The summed E-state index contributed by atoms with van der Waals surface area (Å²) in [6.07, 6.45) is 1.41. The number of esters is 1. The van der Waals surface area contributed by atoms with Gasteiger partial charge in [0.05, 0.1) is 18.4 Å². The number of Topliss-reactive ketones (excluding diaryl/α,β-unsaturated/α-hetero) is 1. The second-order valence-corrected chi connectivity index (χ2v) is 5.04. The molecule has 0 N–H and O–H groups in total. The van der Waals surface area contributed by atoms with Gasteiger partial charge in [-0.15, -0.1) is 5.10 Å². The van der Waals surface area contributed by atoms with Crippen LogP contribution in [0.5, 0.6) is 5.75 Å². The highest BCUT2D eigenvalue weighted by atomic mass is 16.5. The maximum Gasteiger partial charge on any atom is 0.338 e. The van der Waals surface area contributed by atoms with Crippen LogP contribution in [0.3, 0.4) is 0 Å². The molecule has 8 nitrogen and oxygen atoms in total. The quantitative estimate of drug-likeness (QED) is 0.498. The fourth-order valence-corrected chi connectivity index (χ4v) is 2.15. The van der Waals surface area contributed by atoms with Gasteiger partial charge in [-0.2, -0.15) is 0 Å². The van der Waals surface area contributed by atoms with Gasteiger partial charge in [-0.1, -0.05) is 18.2 Å². The number of ketones is 1. The maximum absolute atomic E-state index is 12.2. The smallest absolute Gasteiger partial charge is 0.338 e. The highest BCUT2D eigenvalue weighted by molar-refractivity contribution is 5.99. The average molecular weight is 338 g/mol. The van der Waals surface area contributed by atoms with Crippen molar-refractivity contribution in [2.24, 2.45) is 0 Å². The van der Waals surface area contributed by atoms with Gasteiger partial charge in [-0.05, 0) is 40.8 Å². The number of nitrogens with zero attached hydrogens (tertiary/aromatic N) is 4. The molecule has 0 aliphatic carbocycles. The molecule has 8 heteroatoms. The number of carbonyl (C=O) groups excluding carboxylic acids is 2. The Morgan fingerprint density at radius 1 is 1.08 bits per heavy atom. The van der Waals surface area contributed by atoms with E-state index in [-0.39, 0.29) is 12.4 Å². The summed E-state index contributed by atoms with van der Waals surface area (Å²) in [6, 6.07) is 13.2. The van der Waals surface area contributed by atoms with Crippen LogP contribution in [-0.4, -0.2) is 45.7 Å². The van der Waals surface area contributed by atoms with E-state index in [0.29, 0.717) is 22.6 Å². The zero-order valence-electron chi connectivity index (χ0n) is 13.3. The Labute approximate surface area is 143 Å². The Morgan fingerprint density at radius 3 is 2.64 bits per heavy atom. The minimum Gasteiger partial charge on any atom is -0.497 e. The van der Waals surface area contributed by atoms with Gasteiger partial charge in [0.15, 0.2) is 12.4 Å². The predicted octanol–water partition coefficient (Wildman–Crippen LogP) is 1.71. The number of methoxy groups -OCH3 is 1. The molecule has 126 valence electrons. The van der Waals surface area contributed by atoms with Crippen LogP contribution in [0.2, 0.25) is 0 Å². The SMILES string of the molecule is COc1cccc(C(=O)COC(=O)c2cccc(-n3cnnn3)c2)c1. The van der Waals surface area contributed by atoms with Crippen LogP contribution in [0.15, 0.2) is 54.9 Å². The molecule has 25 heavy (non-hydrogen) atoms. The van der Waals surface area contributed by atoms with Crippen molar-refractivity contribution in [3.05, 3.63) is 66.0 Å². The molecule has 0 aliphatic rings. The van der Waals surface area contributed by atoms with E-state index in [1.165, 1.54) is 18.1 Å². The lowest BCUT2D eigenvalue weighted by molar-refractivity contribution is 0.0474. The minimum atomic E-state index is -0.605. The first-order chi connectivity index (χ1) is 12.2. The summed E-state index contributed by atoms with van der Waals surface area (Å²) in [5, 5.41) is 10.8. The summed E-state index contributed by atoms with van der Waals surface area (Å²) in [4.78, 5) is 24.3. The molecule has 3 aromatic rings. The number of hydrogen-bond donors (Lipinski definition) is 0. The molecular weight excluding hydrogens is 324 g/mol. The van der Waals surface area contributed by atoms with E-state index in [0.717, 1.165) is 0 Å². The van der Waals surface area contributed by atoms with E-state index < -0.39 is 5.97 Å². The number of hydrogen-bond acceptors (Lipinski definition) is 7. The summed E-state index contributed by atoms with van der Waals surface area (Å²) in [5.41, 5.74) is 1.32. The van der Waals surface area contributed by atoms with Crippen molar-refractivity contribution < 1.29 is 19.1 Å². The lowest BCUT2D eigenvalue weighted by atomic mass is 10.1. The Balaban J connectivity index is 1.66.